The highest BCUT2D eigenvalue weighted by Gasteiger charge is 2.09. The molecular formula is C20H19N3O. The van der Waals surface area contributed by atoms with E-state index in [-0.39, 0.29) is 6.61 Å². The topological polar surface area (TPSA) is 61.8 Å². The molecule has 0 aliphatic carbocycles. The molecule has 0 saturated heterocycles. The van der Waals surface area contributed by atoms with Crippen molar-refractivity contribution in [2.75, 3.05) is 6.61 Å². The fourth-order valence-electron chi connectivity index (χ4n) is 2.86. The first kappa shape index (κ1) is 16.0. The van der Waals surface area contributed by atoms with Gasteiger partial charge >= 0.3 is 0 Å². The van der Waals surface area contributed by atoms with E-state index in [1.54, 1.807) is 6.20 Å². The number of hydrogen-bond acceptors (Lipinski definition) is 3. The van der Waals surface area contributed by atoms with Crippen molar-refractivity contribution in [2.24, 2.45) is 0 Å². The van der Waals surface area contributed by atoms with Gasteiger partial charge < -0.3 is 9.67 Å². The lowest BCUT2D eigenvalue weighted by atomic mass is 9.95. The van der Waals surface area contributed by atoms with Crippen LogP contribution in [0.5, 0.6) is 0 Å². The summed E-state index contributed by atoms with van der Waals surface area (Å²) in [6, 6.07) is 16.1. The molecule has 4 nitrogen and oxygen atoms in total. The van der Waals surface area contributed by atoms with Gasteiger partial charge in [0.25, 0.3) is 0 Å². The largest absolute Gasteiger partial charge is 0.396 e. The van der Waals surface area contributed by atoms with E-state index in [1.807, 2.05) is 42.0 Å². The van der Waals surface area contributed by atoms with Crippen LogP contribution in [0.3, 0.4) is 0 Å². The highest BCUT2D eigenvalue weighted by Crippen LogP contribution is 2.28. The molecule has 0 radical (unpaired) electrons. The van der Waals surface area contributed by atoms with Crippen LogP contribution >= 0.6 is 0 Å². The molecule has 0 bridgehead atoms. The fraction of sp³-hybridized carbons (Fsp3) is 0.200. The van der Waals surface area contributed by atoms with Crippen LogP contribution in [-0.4, -0.2) is 21.3 Å². The van der Waals surface area contributed by atoms with Crippen LogP contribution in [0.1, 0.15) is 23.4 Å². The maximum absolute atomic E-state index is 9.20. The third-order valence-electron chi connectivity index (χ3n) is 4.12. The van der Waals surface area contributed by atoms with Crippen LogP contribution in [0.4, 0.5) is 0 Å². The molecule has 3 aromatic rings. The molecule has 4 heteroatoms. The molecule has 0 fully saturated rings. The van der Waals surface area contributed by atoms with Crippen molar-refractivity contribution in [1.82, 2.24) is 9.55 Å². The minimum atomic E-state index is 0.168. The summed E-state index contributed by atoms with van der Waals surface area (Å²) in [5.74, 6) is 0.939. The lowest BCUT2D eigenvalue weighted by molar-refractivity contribution is 0.288. The molecule has 2 aromatic carbocycles. The number of imidazole rings is 1. The van der Waals surface area contributed by atoms with Crippen LogP contribution in [0.25, 0.3) is 16.8 Å². The van der Waals surface area contributed by atoms with E-state index in [4.69, 9.17) is 5.26 Å². The highest BCUT2D eigenvalue weighted by molar-refractivity contribution is 5.69. The lowest BCUT2D eigenvalue weighted by Crippen LogP contribution is -1.99. The summed E-state index contributed by atoms with van der Waals surface area (Å²) in [6.07, 6.45) is 5.25. The van der Waals surface area contributed by atoms with Gasteiger partial charge in [-0.25, -0.2) is 4.98 Å². The smallest absolute Gasteiger partial charge is 0.110 e. The van der Waals surface area contributed by atoms with Gasteiger partial charge in [0.1, 0.15) is 5.82 Å². The minimum absolute atomic E-state index is 0.168. The number of hydrogen-bond donors (Lipinski definition) is 1. The van der Waals surface area contributed by atoms with Crippen LogP contribution in [0.15, 0.2) is 54.9 Å². The van der Waals surface area contributed by atoms with E-state index in [0.717, 1.165) is 35.5 Å². The molecule has 0 amide bonds. The van der Waals surface area contributed by atoms with Crippen molar-refractivity contribution >= 4 is 0 Å². The van der Waals surface area contributed by atoms with E-state index in [1.165, 1.54) is 5.56 Å². The molecule has 1 aromatic heterocycles. The maximum Gasteiger partial charge on any atom is 0.110 e. The predicted molar refractivity (Wildman–Crippen MR) is 93.9 cm³/mol. The van der Waals surface area contributed by atoms with E-state index >= 15 is 0 Å². The fourth-order valence-corrected chi connectivity index (χ4v) is 2.86. The van der Waals surface area contributed by atoms with Gasteiger partial charge in [-0.1, -0.05) is 18.2 Å². The number of aryl methyl sites for hydroxylation is 2. The quantitative estimate of drug-likeness (QED) is 0.781. The van der Waals surface area contributed by atoms with Crippen molar-refractivity contribution in [3.63, 3.8) is 0 Å². The Bertz CT molecular complexity index is 873. The third-order valence-corrected chi connectivity index (χ3v) is 4.12. The molecule has 0 aliphatic rings. The van der Waals surface area contributed by atoms with Crippen LogP contribution < -0.4 is 0 Å². The van der Waals surface area contributed by atoms with E-state index in [9.17, 15) is 5.11 Å². The van der Waals surface area contributed by atoms with Gasteiger partial charge in [-0.2, -0.15) is 5.26 Å². The molecule has 0 spiro atoms. The van der Waals surface area contributed by atoms with Crippen molar-refractivity contribution in [1.29, 1.82) is 5.26 Å². The third kappa shape index (κ3) is 3.22. The SMILES string of the molecule is Cc1nccn1-c1ccc(-c2ccc(C#N)cc2)c(CCCO)c1. The molecule has 120 valence electrons. The molecule has 0 aliphatic heterocycles. The summed E-state index contributed by atoms with van der Waals surface area (Å²) in [7, 11) is 0. The number of aliphatic hydroxyl groups is 1. The monoisotopic (exact) mass is 317 g/mol. The summed E-state index contributed by atoms with van der Waals surface area (Å²) in [5.41, 5.74) is 5.11. The van der Waals surface area contributed by atoms with Gasteiger partial charge in [0.15, 0.2) is 0 Å². The second kappa shape index (κ2) is 7.12. The van der Waals surface area contributed by atoms with Crippen molar-refractivity contribution in [2.45, 2.75) is 19.8 Å². The Morgan fingerprint density at radius 3 is 2.58 bits per heavy atom. The number of rotatable bonds is 5. The van der Waals surface area contributed by atoms with E-state index in [0.29, 0.717) is 5.56 Å². The maximum atomic E-state index is 9.20. The lowest BCUT2D eigenvalue weighted by Gasteiger charge is -2.13. The summed E-state index contributed by atoms with van der Waals surface area (Å²) in [6.45, 7) is 2.14. The normalized spacial score (nSPS) is 10.5. The average Bonchev–Trinajstić information content (AvgIpc) is 3.06. The Morgan fingerprint density at radius 1 is 1.17 bits per heavy atom. The minimum Gasteiger partial charge on any atom is -0.396 e. The van der Waals surface area contributed by atoms with Crippen molar-refractivity contribution in [3.05, 3.63) is 71.8 Å². The van der Waals surface area contributed by atoms with Gasteiger partial charge in [-0.3, -0.25) is 0 Å². The molecule has 0 unspecified atom stereocenters. The number of benzene rings is 2. The highest BCUT2D eigenvalue weighted by atomic mass is 16.2. The Hall–Kier alpha value is -2.90. The number of aliphatic hydroxyl groups excluding tert-OH is 1. The predicted octanol–water partition coefficient (Wildman–Crippen LogP) is 3.64. The van der Waals surface area contributed by atoms with Gasteiger partial charge in [-0.15, -0.1) is 0 Å². The van der Waals surface area contributed by atoms with Gasteiger partial charge in [-0.05, 0) is 60.7 Å². The summed E-state index contributed by atoms with van der Waals surface area (Å²) in [4.78, 5) is 4.28. The molecule has 24 heavy (non-hydrogen) atoms. The standard InChI is InChI=1S/C20H19N3O/c1-15-22-10-11-23(15)19-8-9-20(18(13-19)3-2-12-24)17-6-4-16(14-21)5-7-17/h4-11,13,24H,2-3,12H2,1H3. The zero-order valence-electron chi connectivity index (χ0n) is 13.6. The van der Waals surface area contributed by atoms with Crippen LogP contribution in [0.2, 0.25) is 0 Å². The summed E-state index contributed by atoms with van der Waals surface area (Å²) >= 11 is 0. The van der Waals surface area contributed by atoms with Gasteiger partial charge in [0.05, 0.1) is 11.6 Å². The molecule has 0 atom stereocenters. The van der Waals surface area contributed by atoms with E-state index < -0.39 is 0 Å². The average molecular weight is 317 g/mol. The van der Waals surface area contributed by atoms with Crippen LogP contribution in [-0.2, 0) is 6.42 Å². The zero-order chi connectivity index (χ0) is 16.9. The van der Waals surface area contributed by atoms with Crippen molar-refractivity contribution in [3.8, 4) is 22.9 Å². The molecule has 0 saturated carbocycles. The first-order valence-corrected chi connectivity index (χ1v) is 7.97. The van der Waals surface area contributed by atoms with Gasteiger partial charge in [0.2, 0.25) is 0 Å². The number of nitriles is 1. The molecule has 3 rings (SSSR count). The Labute approximate surface area is 141 Å². The Balaban J connectivity index is 2.04. The number of aromatic nitrogens is 2. The number of nitrogens with zero attached hydrogens (tertiary/aromatic N) is 3. The second-order valence-corrected chi connectivity index (χ2v) is 5.70. The summed E-state index contributed by atoms with van der Waals surface area (Å²) < 4.78 is 2.05. The van der Waals surface area contributed by atoms with Crippen molar-refractivity contribution < 1.29 is 5.11 Å². The van der Waals surface area contributed by atoms with Crippen LogP contribution in [0, 0.1) is 18.3 Å². The molecule has 1 heterocycles. The summed E-state index contributed by atoms with van der Waals surface area (Å²) in [5, 5.41) is 18.2. The second-order valence-electron chi connectivity index (χ2n) is 5.70. The first-order chi connectivity index (χ1) is 11.7. The molecule has 1 N–H and O–H groups in total. The van der Waals surface area contributed by atoms with Gasteiger partial charge in [0, 0.05) is 24.7 Å². The zero-order valence-corrected chi connectivity index (χ0v) is 13.6. The Kier molecular flexibility index (Phi) is 4.74. The van der Waals surface area contributed by atoms with E-state index in [2.05, 4.69) is 29.3 Å². The Morgan fingerprint density at radius 2 is 1.96 bits per heavy atom. The first-order valence-electron chi connectivity index (χ1n) is 7.97. The molecular weight excluding hydrogens is 298 g/mol.